The van der Waals surface area contributed by atoms with E-state index in [-0.39, 0.29) is 6.10 Å². The van der Waals surface area contributed by atoms with E-state index < -0.39 is 0 Å². The van der Waals surface area contributed by atoms with Crippen LogP contribution in [-0.2, 0) is 9.47 Å². The summed E-state index contributed by atoms with van der Waals surface area (Å²) in [6.45, 7) is 3.59. The molecule has 0 bridgehead atoms. The number of methoxy groups -OCH3 is 1. The lowest BCUT2D eigenvalue weighted by atomic mass is 9.89. The van der Waals surface area contributed by atoms with Gasteiger partial charge in [-0.15, -0.1) is 0 Å². The highest BCUT2D eigenvalue weighted by atomic mass is 16.5. The molecule has 1 N–H and O–H groups in total. The van der Waals surface area contributed by atoms with Gasteiger partial charge in [0.05, 0.1) is 12.7 Å². The Hall–Kier alpha value is -0.900. The minimum atomic E-state index is 0.252. The van der Waals surface area contributed by atoms with Gasteiger partial charge in [0, 0.05) is 32.7 Å². The van der Waals surface area contributed by atoms with Crippen LogP contribution in [0.5, 0.6) is 0 Å². The second-order valence-corrected chi connectivity index (χ2v) is 6.33. The maximum absolute atomic E-state index is 6.08. The third-order valence-electron chi connectivity index (χ3n) is 4.65. The molecule has 1 heterocycles. The molecule has 3 nitrogen and oxygen atoms in total. The molecule has 1 aromatic rings. The second-order valence-electron chi connectivity index (χ2n) is 6.33. The van der Waals surface area contributed by atoms with Crippen LogP contribution in [0.4, 0.5) is 0 Å². The fourth-order valence-electron chi connectivity index (χ4n) is 3.26. The molecule has 1 aliphatic carbocycles. The van der Waals surface area contributed by atoms with Crippen molar-refractivity contribution in [3.05, 3.63) is 35.4 Å². The summed E-state index contributed by atoms with van der Waals surface area (Å²) in [4.78, 5) is 0. The van der Waals surface area contributed by atoms with Crippen LogP contribution in [-0.4, -0.2) is 33.4 Å². The van der Waals surface area contributed by atoms with Crippen molar-refractivity contribution < 1.29 is 9.47 Å². The summed E-state index contributed by atoms with van der Waals surface area (Å²) >= 11 is 0. The van der Waals surface area contributed by atoms with Crippen LogP contribution < -0.4 is 5.32 Å². The Morgan fingerprint density at radius 3 is 2.62 bits per heavy atom. The van der Waals surface area contributed by atoms with Crippen LogP contribution in [0, 0.1) is 5.92 Å². The van der Waals surface area contributed by atoms with E-state index in [2.05, 4.69) is 29.6 Å². The summed E-state index contributed by atoms with van der Waals surface area (Å²) in [6, 6.07) is 9.18. The Kier molecular flexibility index (Phi) is 5.28. The molecular weight excluding hydrogens is 262 g/mol. The molecule has 0 radical (unpaired) electrons. The molecule has 1 saturated heterocycles. The van der Waals surface area contributed by atoms with Crippen LogP contribution in [0.25, 0.3) is 0 Å². The van der Waals surface area contributed by atoms with Crippen molar-refractivity contribution in [2.75, 3.05) is 33.4 Å². The van der Waals surface area contributed by atoms with E-state index in [0.29, 0.717) is 5.92 Å². The average Bonchev–Trinajstić information content (AvgIpc) is 3.37. The van der Waals surface area contributed by atoms with Crippen molar-refractivity contribution in [2.24, 2.45) is 5.92 Å². The molecule has 1 aliphatic heterocycles. The third-order valence-corrected chi connectivity index (χ3v) is 4.65. The van der Waals surface area contributed by atoms with Gasteiger partial charge in [-0.3, -0.25) is 0 Å². The molecule has 0 spiro atoms. The molecule has 2 aliphatic rings. The molecule has 1 saturated carbocycles. The topological polar surface area (TPSA) is 30.5 Å². The fraction of sp³-hybridized carbons (Fsp3) is 0.667. The summed E-state index contributed by atoms with van der Waals surface area (Å²) in [7, 11) is 1.75. The molecule has 2 atom stereocenters. The number of rotatable bonds is 7. The number of hydrogen-bond donors (Lipinski definition) is 1. The zero-order valence-corrected chi connectivity index (χ0v) is 13.0. The first-order valence-corrected chi connectivity index (χ1v) is 8.29. The zero-order chi connectivity index (χ0) is 14.5. The Labute approximate surface area is 128 Å². The lowest BCUT2D eigenvalue weighted by molar-refractivity contribution is -0.0280. The first kappa shape index (κ1) is 15.0. The SMILES string of the molecule is COCCNCC1CCCOC1c1ccc(C2CC2)cc1. The number of benzene rings is 1. The lowest BCUT2D eigenvalue weighted by Crippen LogP contribution is -2.33. The largest absolute Gasteiger partial charge is 0.383 e. The zero-order valence-electron chi connectivity index (χ0n) is 13.0. The second kappa shape index (κ2) is 7.39. The van der Waals surface area contributed by atoms with Crippen LogP contribution >= 0.6 is 0 Å². The van der Waals surface area contributed by atoms with Gasteiger partial charge in [0.15, 0.2) is 0 Å². The van der Waals surface area contributed by atoms with Gasteiger partial charge in [0.25, 0.3) is 0 Å². The van der Waals surface area contributed by atoms with Gasteiger partial charge < -0.3 is 14.8 Å². The third kappa shape index (κ3) is 4.06. The van der Waals surface area contributed by atoms with Crippen molar-refractivity contribution >= 4 is 0 Å². The van der Waals surface area contributed by atoms with Crippen LogP contribution in [0.2, 0.25) is 0 Å². The highest BCUT2D eigenvalue weighted by Crippen LogP contribution is 2.41. The molecule has 0 aromatic heterocycles. The maximum atomic E-state index is 6.08. The normalized spacial score (nSPS) is 26.0. The maximum Gasteiger partial charge on any atom is 0.0865 e. The quantitative estimate of drug-likeness (QED) is 0.782. The van der Waals surface area contributed by atoms with Crippen LogP contribution in [0.15, 0.2) is 24.3 Å². The minimum absolute atomic E-state index is 0.252. The predicted molar refractivity (Wildman–Crippen MR) is 84.6 cm³/mol. The number of ether oxygens (including phenoxy) is 2. The van der Waals surface area contributed by atoms with Gasteiger partial charge in [-0.2, -0.15) is 0 Å². The number of hydrogen-bond acceptors (Lipinski definition) is 3. The monoisotopic (exact) mass is 289 g/mol. The Bertz CT molecular complexity index is 427. The van der Waals surface area contributed by atoms with E-state index in [0.717, 1.165) is 32.2 Å². The van der Waals surface area contributed by atoms with Crippen molar-refractivity contribution in [1.29, 1.82) is 0 Å². The van der Waals surface area contributed by atoms with E-state index in [9.17, 15) is 0 Å². The minimum Gasteiger partial charge on any atom is -0.383 e. The van der Waals surface area contributed by atoms with Gasteiger partial charge in [-0.1, -0.05) is 24.3 Å². The highest BCUT2D eigenvalue weighted by Gasteiger charge is 2.28. The van der Waals surface area contributed by atoms with Crippen LogP contribution in [0.1, 0.15) is 48.8 Å². The highest BCUT2D eigenvalue weighted by molar-refractivity contribution is 5.29. The summed E-state index contributed by atoms with van der Waals surface area (Å²) in [5, 5.41) is 3.49. The average molecular weight is 289 g/mol. The summed E-state index contributed by atoms with van der Waals surface area (Å²) in [6.07, 6.45) is 5.40. The van der Waals surface area contributed by atoms with Crippen molar-refractivity contribution in [3.63, 3.8) is 0 Å². The van der Waals surface area contributed by atoms with Gasteiger partial charge in [0.2, 0.25) is 0 Å². The molecule has 1 aromatic carbocycles. The molecule has 2 unspecified atom stereocenters. The molecule has 3 heteroatoms. The Morgan fingerprint density at radius 2 is 1.90 bits per heavy atom. The molecule has 3 rings (SSSR count). The predicted octanol–water partition coefficient (Wildman–Crippen LogP) is 3.27. The van der Waals surface area contributed by atoms with Crippen molar-refractivity contribution in [1.82, 2.24) is 5.32 Å². The van der Waals surface area contributed by atoms with Crippen molar-refractivity contribution in [2.45, 2.75) is 37.7 Å². The van der Waals surface area contributed by atoms with Gasteiger partial charge in [-0.05, 0) is 42.7 Å². The van der Waals surface area contributed by atoms with Gasteiger partial charge in [0.1, 0.15) is 0 Å². The summed E-state index contributed by atoms with van der Waals surface area (Å²) in [5.41, 5.74) is 2.85. The van der Waals surface area contributed by atoms with E-state index in [4.69, 9.17) is 9.47 Å². The van der Waals surface area contributed by atoms with E-state index >= 15 is 0 Å². The number of nitrogens with one attached hydrogen (secondary N) is 1. The van der Waals surface area contributed by atoms with E-state index in [1.54, 1.807) is 7.11 Å². The van der Waals surface area contributed by atoms with Gasteiger partial charge >= 0.3 is 0 Å². The van der Waals surface area contributed by atoms with Crippen molar-refractivity contribution in [3.8, 4) is 0 Å². The summed E-state index contributed by atoms with van der Waals surface area (Å²) < 4.78 is 11.2. The first-order valence-electron chi connectivity index (χ1n) is 8.29. The first-order chi connectivity index (χ1) is 10.4. The molecule has 21 heavy (non-hydrogen) atoms. The molecule has 2 fully saturated rings. The van der Waals surface area contributed by atoms with Crippen LogP contribution in [0.3, 0.4) is 0 Å². The smallest absolute Gasteiger partial charge is 0.0865 e. The standard InChI is InChI=1S/C18H27NO2/c1-20-12-10-19-13-17-3-2-11-21-18(17)16-8-6-15(7-9-16)14-4-5-14/h6-9,14,17-19H,2-5,10-13H2,1H3. The van der Waals surface area contributed by atoms with E-state index in [1.807, 2.05) is 0 Å². The summed E-state index contributed by atoms with van der Waals surface area (Å²) in [5.74, 6) is 1.40. The van der Waals surface area contributed by atoms with E-state index in [1.165, 1.54) is 36.8 Å². The molecular formula is C18H27NO2. The fourth-order valence-corrected chi connectivity index (χ4v) is 3.26. The Balaban J connectivity index is 1.59. The molecule has 0 amide bonds. The lowest BCUT2D eigenvalue weighted by Gasteiger charge is -2.32. The Morgan fingerprint density at radius 1 is 1.14 bits per heavy atom. The molecule has 116 valence electrons. The van der Waals surface area contributed by atoms with Gasteiger partial charge in [-0.25, -0.2) is 0 Å².